The van der Waals surface area contributed by atoms with Crippen molar-refractivity contribution in [3.8, 4) is 0 Å². The molecule has 0 aliphatic carbocycles. The molecule has 14 heavy (non-hydrogen) atoms. The van der Waals surface area contributed by atoms with Gasteiger partial charge in [0.05, 0.1) is 16.9 Å². The number of halogens is 2. The van der Waals surface area contributed by atoms with Gasteiger partial charge in [0, 0.05) is 7.05 Å². The zero-order chi connectivity index (χ0) is 10.2. The van der Waals surface area contributed by atoms with Crippen LogP contribution in [0.1, 0.15) is 18.5 Å². The average Bonchev–Trinajstić information content (AvgIpc) is 2.48. The van der Waals surface area contributed by atoms with Crippen LogP contribution >= 0.6 is 11.6 Å². The minimum Gasteiger partial charge on any atom is -0.316 e. The first-order valence-electron chi connectivity index (χ1n) is 4.71. The Morgan fingerprint density at radius 2 is 2.21 bits per heavy atom. The van der Waals surface area contributed by atoms with Crippen molar-refractivity contribution >= 4 is 11.6 Å². The third-order valence-electron chi connectivity index (χ3n) is 2.71. The van der Waals surface area contributed by atoms with Gasteiger partial charge in [0.15, 0.2) is 5.67 Å². The predicted octanol–water partition coefficient (Wildman–Crippen LogP) is 1.62. The average molecular weight is 218 g/mol. The van der Waals surface area contributed by atoms with Crippen molar-refractivity contribution in [3.05, 3.63) is 16.9 Å². The Kier molecular flexibility index (Phi) is 2.49. The lowest BCUT2D eigenvalue weighted by atomic mass is 9.91. The van der Waals surface area contributed by atoms with Crippen LogP contribution in [0.4, 0.5) is 4.39 Å². The molecule has 2 heterocycles. The van der Waals surface area contributed by atoms with Gasteiger partial charge >= 0.3 is 0 Å². The van der Waals surface area contributed by atoms with Gasteiger partial charge in [-0.25, -0.2) is 4.39 Å². The molecule has 5 heteroatoms. The highest BCUT2D eigenvalue weighted by Gasteiger charge is 2.38. The third-order valence-corrected chi connectivity index (χ3v) is 2.99. The molecule has 0 atom stereocenters. The summed E-state index contributed by atoms with van der Waals surface area (Å²) in [5, 5.41) is 7.52. The van der Waals surface area contributed by atoms with Crippen molar-refractivity contribution in [1.29, 1.82) is 0 Å². The van der Waals surface area contributed by atoms with Crippen LogP contribution in [0.3, 0.4) is 0 Å². The molecule has 0 unspecified atom stereocenters. The first-order chi connectivity index (χ1) is 6.63. The Balaban J connectivity index is 2.36. The van der Waals surface area contributed by atoms with Crippen LogP contribution in [-0.4, -0.2) is 22.9 Å². The van der Waals surface area contributed by atoms with Crippen LogP contribution < -0.4 is 5.32 Å². The van der Waals surface area contributed by atoms with Gasteiger partial charge in [-0.1, -0.05) is 11.6 Å². The van der Waals surface area contributed by atoms with E-state index in [-0.39, 0.29) is 0 Å². The Morgan fingerprint density at radius 3 is 2.71 bits per heavy atom. The number of nitrogens with one attached hydrogen (secondary N) is 1. The van der Waals surface area contributed by atoms with E-state index in [9.17, 15) is 4.39 Å². The second kappa shape index (κ2) is 3.51. The van der Waals surface area contributed by atoms with Crippen LogP contribution in [0.2, 0.25) is 5.02 Å². The number of piperidine rings is 1. The lowest BCUT2D eigenvalue weighted by molar-refractivity contribution is 0.105. The van der Waals surface area contributed by atoms with E-state index < -0.39 is 5.67 Å². The maximum Gasteiger partial charge on any atom is 0.156 e. The number of aromatic nitrogens is 2. The number of alkyl halides is 1. The summed E-state index contributed by atoms with van der Waals surface area (Å²) in [4.78, 5) is 0. The summed E-state index contributed by atoms with van der Waals surface area (Å²) < 4.78 is 16.0. The molecule has 0 spiro atoms. The lowest BCUT2D eigenvalue weighted by Crippen LogP contribution is -2.38. The maximum atomic E-state index is 14.5. The molecular weight excluding hydrogens is 205 g/mol. The minimum absolute atomic E-state index is 0.428. The molecule has 1 saturated heterocycles. The predicted molar refractivity (Wildman–Crippen MR) is 53.1 cm³/mol. The van der Waals surface area contributed by atoms with Gasteiger partial charge in [-0.05, 0) is 25.9 Å². The molecule has 0 bridgehead atoms. The van der Waals surface area contributed by atoms with Crippen LogP contribution in [-0.2, 0) is 12.7 Å². The zero-order valence-electron chi connectivity index (χ0n) is 8.06. The summed E-state index contributed by atoms with van der Waals surface area (Å²) in [6.07, 6.45) is 2.43. The number of aryl methyl sites for hydroxylation is 1. The Morgan fingerprint density at radius 1 is 1.57 bits per heavy atom. The smallest absolute Gasteiger partial charge is 0.156 e. The molecule has 78 valence electrons. The zero-order valence-corrected chi connectivity index (χ0v) is 8.81. The Hall–Kier alpha value is -0.610. The van der Waals surface area contributed by atoms with Gasteiger partial charge in [0.25, 0.3) is 0 Å². The van der Waals surface area contributed by atoms with Gasteiger partial charge in [0.1, 0.15) is 0 Å². The first kappa shape index (κ1) is 9.93. The largest absolute Gasteiger partial charge is 0.316 e. The Bertz CT molecular complexity index is 311. The highest BCUT2D eigenvalue weighted by molar-refractivity contribution is 6.31. The quantitative estimate of drug-likeness (QED) is 0.775. The molecule has 3 nitrogen and oxygen atoms in total. The molecular formula is C9H13ClFN3. The third kappa shape index (κ3) is 1.53. The molecule has 1 fully saturated rings. The number of nitrogens with zero attached hydrogens (tertiary/aromatic N) is 2. The van der Waals surface area contributed by atoms with E-state index in [1.165, 1.54) is 10.9 Å². The van der Waals surface area contributed by atoms with E-state index in [2.05, 4.69) is 10.4 Å². The number of rotatable bonds is 1. The SMILES string of the molecule is Cn1ncc(Cl)c1C1(F)CCNCC1. The van der Waals surface area contributed by atoms with Crippen LogP contribution in [0.5, 0.6) is 0 Å². The van der Waals surface area contributed by atoms with E-state index in [1.807, 2.05) is 0 Å². The van der Waals surface area contributed by atoms with E-state index >= 15 is 0 Å². The normalized spacial score (nSPS) is 21.1. The van der Waals surface area contributed by atoms with Crippen molar-refractivity contribution in [2.24, 2.45) is 7.05 Å². The van der Waals surface area contributed by atoms with Crippen molar-refractivity contribution in [2.45, 2.75) is 18.5 Å². The molecule has 0 amide bonds. The molecule has 0 saturated carbocycles. The molecule has 0 aromatic carbocycles. The number of hydrogen-bond donors (Lipinski definition) is 1. The summed E-state index contributed by atoms with van der Waals surface area (Å²) in [5.41, 5.74) is -0.797. The summed E-state index contributed by atoms with van der Waals surface area (Å²) in [6.45, 7) is 1.38. The molecule has 1 N–H and O–H groups in total. The van der Waals surface area contributed by atoms with Crippen LogP contribution in [0.25, 0.3) is 0 Å². The molecule has 1 aliphatic rings. The maximum absolute atomic E-state index is 14.5. The molecule has 1 aromatic rings. The van der Waals surface area contributed by atoms with Gasteiger partial charge in [-0.15, -0.1) is 0 Å². The fraction of sp³-hybridized carbons (Fsp3) is 0.667. The van der Waals surface area contributed by atoms with Crippen LogP contribution in [0.15, 0.2) is 6.20 Å². The molecule has 0 radical (unpaired) electrons. The Labute approximate surface area is 87.2 Å². The minimum atomic E-state index is -1.31. The monoisotopic (exact) mass is 217 g/mol. The molecule has 1 aliphatic heterocycles. The number of hydrogen-bond acceptors (Lipinski definition) is 2. The van der Waals surface area contributed by atoms with Crippen molar-refractivity contribution < 1.29 is 4.39 Å². The second-order valence-electron chi connectivity index (χ2n) is 3.68. The lowest BCUT2D eigenvalue weighted by Gasteiger charge is -2.30. The summed E-state index contributed by atoms with van der Waals surface area (Å²) in [5.74, 6) is 0. The summed E-state index contributed by atoms with van der Waals surface area (Å²) >= 11 is 5.92. The summed E-state index contributed by atoms with van der Waals surface area (Å²) in [6, 6.07) is 0. The van der Waals surface area contributed by atoms with Gasteiger partial charge in [0.2, 0.25) is 0 Å². The van der Waals surface area contributed by atoms with Crippen molar-refractivity contribution in [2.75, 3.05) is 13.1 Å². The summed E-state index contributed by atoms with van der Waals surface area (Å²) in [7, 11) is 1.73. The first-order valence-corrected chi connectivity index (χ1v) is 5.09. The van der Waals surface area contributed by atoms with Crippen molar-refractivity contribution in [3.63, 3.8) is 0 Å². The van der Waals surface area contributed by atoms with Gasteiger partial charge in [-0.2, -0.15) is 5.10 Å². The van der Waals surface area contributed by atoms with Gasteiger partial charge in [-0.3, -0.25) is 4.68 Å². The van der Waals surface area contributed by atoms with Crippen molar-refractivity contribution in [1.82, 2.24) is 15.1 Å². The van der Waals surface area contributed by atoms with E-state index in [0.717, 1.165) is 0 Å². The highest BCUT2D eigenvalue weighted by Crippen LogP contribution is 2.38. The second-order valence-corrected chi connectivity index (χ2v) is 4.09. The van der Waals surface area contributed by atoms with Gasteiger partial charge < -0.3 is 5.32 Å². The van der Waals surface area contributed by atoms with E-state index in [0.29, 0.717) is 36.6 Å². The van der Waals surface area contributed by atoms with Crippen LogP contribution in [0, 0.1) is 0 Å². The fourth-order valence-electron chi connectivity index (χ4n) is 1.97. The fourth-order valence-corrected chi connectivity index (χ4v) is 2.31. The highest BCUT2D eigenvalue weighted by atomic mass is 35.5. The standard InChI is InChI=1S/C9H13ClFN3/c1-14-8(7(10)6-13-14)9(11)2-4-12-5-3-9/h6,12H,2-5H2,1H3. The molecule has 1 aromatic heterocycles. The van der Waals surface area contributed by atoms with E-state index in [4.69, 9.17) is 11.6 Å². The van der Waals surface area contributed by atoms with E-state index in [1.54, 1.807) is 7.05 Å². The molecule has 2 rings (SSSR count). The topological polar surface area (TPSA) is 29.9 Å².